The second-order valence-electron chi connectivity index (χ2n) is 10.4. The van der Waals surface area contributed by atoms with E-state index in [4.69, 9.17) is 4.74 Å². The average molecular weight is 444 g/mol. The van der Waals surface area contributed by atoms with Crippen LogP contribution in [0.15, 0.2) is 24.3 Å². The van der Waals surface area contributed by atoms with E-state index in [0.29, 0.717) is 44.0 Å². The third kappa shape index (κ3) is 4.82. The predicted octanol–water partition coefficient (Wildman–Crippen LogP) is 2.97. The second kappa shape index (κ2) is 9.22. The van der Waals surface area contributed by atoms with Gasteiger partial charge in [0.1, 0.15) is 11.8 Å². The van der Waals surface area contributed by atoms with Gasteiger partial charge in [-0.2, -0.15) is 0 Å². The van der Waals surface area contributed by atoms with Crippen molar-refractivity contribution < 1.29 is 19.1 Å². The summed E-state index contributed by atoms with van der Waals surface area (Å²) in [7, 11) is 0. The van der Waals surface area contributed by atoms with E-state index in [9.17, 15) is 14.4 Å². The quantitative estimate of drug-likeness (QED) is 0.776. The van der Waals surface area contributed by atoms with Crippen molar-refractivity contribution in [3.8, 4) is 0 Å². The van der Waals surface area contributed by atoms with E-state index in [1.54, 1.807) is 11.0 Å². The molecule has 2 fully saturated rings. The van der Waals surface area contributed by atoms with Crippen LogP contribution in [0.2, 0.25) is 0 Å². The molecule has 0 unspecified atom stereocenters. The molecule has 3 rings (SSSR count). The molecule has 1 aromatic rings. The van der Waals surface area contributed by atoms with Gasteiger partial charge in [-0.05, 0) is 24.5 Å². The van der Waals surface area contributed by atoms with Gasteiger partial charge in [-0.3, -0.25) is 19.3 Å². The standard InChI is InChI=1S/C25H37N3O4/c1-17(2)15-26-21(29)20-16-32-25(11-13-27(14-12-25)23(31)24(4,5)6)28(20)22(30)19-10-8-7-9-18(19)3/h7-10,17,20H,11-16H2,1-6H3,(H,26,29)/t20-/m0/s1. The molecular formula is C25H37N3O4. The fraction of sp³-hybridized carbons (Fsp3) is 0.640. The molecule has 2 saturated heterocycles. The van der Waals surface area contributed by atoms with Gasteiger partial charge in [-0.25, -0.2) is 0 Å². The number of hydrogen-bond acceptors (Lipinski definition) is 4. The van der Waals surface area contributed by atoms with E-state index >= 15 is 0 Å². The predicted molar refractivity (Wildman–Crippen MR) is 123 cm³/mol. The highest BCUT2D eigenvalue weighted by atomic mass is 16.5. The first-order valence-corrected chi connectivity index (χ1v) is 11.6. The Labute approximate surface area is 191 Å². The number of benzene rings is 1. The number of carbonyl (C=O) groups is 3. The molecule has 0 aromatic heterocycles. The summed E-state index contributed by atoms with van der Waals surface area (Å²) in [4.78, 5) is 43.1. The molecule has 0 saturated carbocycles. The van der Waals surface area contributed by atoms with Gasteiger partial charge in [0, 0.05) is 43.5 Å². The molecule has 2 heterocycles. The Hall–Kier alpha value is -2.41. The Morgan fingerprint density at radius 1 is 1.16 bits per heavy atom. The zero-order valence-corrected chi connectivity index (χ0v) is 20.2. The van der Waals surface area contributed by atoms with Crippen molar-refractivity contribution in [2.45, 2.75) is 66.2 Å². The number of piperidine rings is 1. The number of hydrogen-bond donors (Lipinski definition) is 1. The summed E-state index contributed by atoms with van der Waals surface area (Å²) in [6, 6.07) is 6.74. The van der Waals surface area contributed by atoms with Crippen LogP contribution in [-0.4, -0.2) is 65.5 Å². The van der Waals surface area contributed by atoms with Crippen molar-refractivity contribution >= 4 is 17.7 Å². The van der Waals surface area contributed by atoms with Gasteiger partial charge in [0.25, 0.3) is 5.91 Å². The number of amides is 3. The Balaban J connectivity index is 1.88. The highest BCUT2D eigenvalue weighted by Gasteiger charge is 2.54. The summed E-state index contributed by atoms with van der Waals surface area (Å²) < 4.78 is 6.24. The average Bonchev–Trinajstić information content (AvgIpc) is 3.10. The third-order valence-electron chi connectivity index (χ3n) is 6.32. The van der Waals surface area contributed by atoms with Crippen LogP contribution in [0.3, 0.4) is 0 Å². The van der Waals surface area contributed by atoms with E-state index < -0.39 is 17.2 Å². The van der Waals surface area contributed by atoms with E-state index in [0.717, 1.165) is 5.56 Å². The molecule has 0 aliphatic carbocycles. The molecule has 0 radical (unpaired) electrons. The SMILES string of the molecule is Cc1ccccc1C(=O)N1[C@H](C(=O)NCC(C)C)COC12CCN(C(=O)C(C)(C)C)CC2. The van der Waals surface area contributed by atoms with Crippen LogP contribution in [0, 0.1) is 18.3 Å². The maximum Gasteiger partial charge on any atom is 0.257 e. The summed E-state index contributed by atoms with van der Waals surface area (Å²) in [5, 5.41) is 2.97. The number of ether oxygens (including phenoxy) is 1. The van der Waals surface area contributed by atoms with Gasteiger partial charge in [-0.15, -0.1) is 0 Å². The van der Waals surface area contributed by atoms with Gasteiger partial charge < -0.3 is 15.0 Å². The Bertz CT molecular complexity index is 866. The Morgan fingerprint density at radius 3 is 2.34 bits per heavy atom. The lowest BCUT2D eigenvalue weighted by molar-refractivity contribution is -0.150. The van der Waals surface area contributed by atoms with E-state index in [1.807, 2.05) is 64.6 Å². The summed E-state index contributed by atoms with van der Waals surface area (Å²) >= 11 is 0. The zero-order valence-electron chi connectivity index (χ0n) is 20.2. The lowest BCUT2D eigenvalue weighted by Gasteiger charge is -2.45. The lowest BCUT2D eigenvalue weighted by Crippen LogP contribution is -2.60. The molecular weight excluding hydrogens is 406 g/mol. The smallest absolute Gasteiger partial charge is 0.257 e. The van der Waals surface area contributed by atoms with Crippen LogP contribution in [0.5, 0.6) is 0 Å². The first kappa shape index (κ1) is 24.2. The van der Waals surface area contributed by atoms with Crippen LogP contribution < -0.4 is 5.32 Å². The molecule has 176 valence electrons. The molecule has 1 atom stereocenters. The van der Waals surface area contributed by atoms with Crippen molar-refractivity contribution in [3.63, 3.8) is 0 Å². The summed E-state index contributed by atoms with van der Waals surface area (Å²) in [6.07, 6.45) is 0.973. The monoisotopic (exact) mass is 443 g/mol. The first-order chi connectivity index (χ1) is 15.0. The van der Waals surface area contributed by atoms with E-state index in [1.165, 1.54) is 0 Å². The normalized spacial score (nSPS) is 20.7. The molecule has 1 spiro atoms. The highest BCUT2D eigenvalue weighted by Crippen LogP contribution is 2.39. The Morgan fingerprint density at radius 2 is 1.78 bits per heavy atom. The van der Waals surface area contributed by atoms with Crippen LogP contribution in [0.4, 0.5) is 0 Å². The number of nitrogens with zero attached hydrogens (tertiary/aromatic N) is 2. The fourth-order valence-electron chi connectivity index (χ4n) is 4.47. The number of rotatable bonds is 4. The molecule has 0 bridgehead atoms. The number of aryl methyl sites for hydroxylation is 1. The second-order valence-corrected chi connectivity index (χ2v) is 10.4. The molecule has 3 amide bonds. The lowest BCUT2D eigenvalue weighted by atomic mass is 9.91. The van der Waals surface area contributed by atoms with E-state index in [2.05, 4.69) is 5.32 Å². The van der Waals surface area contributed by atoms with Gasteiger partial charge in [0.2, 0.25) is 11.8 Å². The van der Waals surface area contributed by atoms with Gasteiger partial charge in [0.15, 0.2) is 0 Å². The van der Waals surface area contributed by atoms with Crippen LogP contribution in [0.25, 0.3) is 0 Å². The van der Waals surface area contributed by atoms with Gasteiger partial charge in [-0.1, -0.05) is 52.8 Å². The first-order valence-electron chi connectivity index (χ1n) is 11.6. The van der Waals surface area contributed by atoms with Gasteiger partial charge in [0.05, 0.1) is 6.61 Å². The van der Waals surface area contributed by atoms with Gasteiger partial charge >= 0.3 is 0 Å². The number of carbonyl (C=O) groups excluding carboxylic acids is 3. The fourth-order valence-corrected chi connectivity index (χ4v) is 4.47. The van der Waals surface area contributed by atoms with E-state index in [-0.39, 0.29) is 24.3 Å². The number of nitrogens with one attached hydrogen (secondary N) is 1. The Kier molecular flexibility index (Phi) is 6.98. The maximum absolute atomic E-state index is 13.8. The van der Waals surface area contributed by atoms with Crippen molar-refractivity contribution in [2.75, 3.05) is 26.2 Å². The minimum atomic E-state index is -0.881. The highest BCUT2D eigenvalue weighted by molar-refractivity contribution is 5.99. The molecule has 1 N–H and O–H groups in total. The van der Waals surface area contributed by atoms with Crippen molar-refractivity contribution in [1.29, 1.82) is 0 Å². The zero-order chi connectivity index (χ0) is 23.7. The molecule has 7 heteroatoms. The summed E-state index contributed by atoms with van der Waals surface area (Å²) in [6.45, 7) is 13.4. The maximum atomic E-state index is 13.8. The molecule has 2 aliphatic heterocycles. The van der Waals surface area contributed by atoms with Crippen molar-refractivity contribution in [1.82, 2.24) is 15.1 Å². The third-order valence-corrected chi connectivity index (χ3v) is 6.32. The number of likely N-dealkylation sites (tertiary alicyclic amines) is 1. The minimum absolute atomic E-state index is 0.0911. The van der Waals surface area contributed by atoms with Crippen LogP contribution >= 0.6 is 0 Å². The molecule has 32 heavy (non-hydrogen) atoms. The minimum Gasteiger partial charge on any atom is -0.354 e. The van der Waals surface area contributed by atoms with Crippen LogP contribution in [0.1, 0.15) is 63.4 Å². The van der Waals surface area contributed by atoms with Crippen molar-refractivity contribution in [2.24, 2.45) is 11.3 Å². The largest absolute Gasteiger partial charge is 0.354 e. The summed E-state index contributed by atoms with van der Waals surface area (Å²) in [5.41, 5.74) is 0.0960. The molecule has 1 aromatic carbocycles. The summed E-state index contributed by atoms with van der Waals surface area (Å²) in [5.74, 6) is 0.0161. The molecule has 7 nitrogen and oxygen atoms in total. The molecule has 2 aliphatic rings. The van der Waals surface area contributed by atoms with Crippen molar-refractivity contribution in [3.05, 3.63) is 35.4 Å². The van der Waals surface area contributed by atoms with Crippen LogP contribution in [-0.2, 0) is 14.3 Å². The topological polar surface area (TPSA) is 79.0 Å².